The molecule has 1 heterocycles. The van der Waals surface area contributed by atoms with Crippen LogP contribution in [0.3, 0.4) is 0 Å². The van der Waals surface area contributed by atoms with Gasteiger partial charge in [-0.3, -0.25) is 9.10 Å². The summed E-state index contributed by atoms with van der Waals surface area (Å²) < 4.78 is 28.9. The fourth-order valence-electron chi connectivity index (χ4n) is 3.50. The lowest BCUT2D eigenvalue weighted by Gasteiger charge is -2.26. The Kier molecular flexibility index (Phi) is 7.43. The van der Waals surface area contributed by atoms with Gasteiger partial charge in [-0.05, 0) is 55.1 Å². The van der Waals surface area contributed by atoms with Crippen LogP contribution in [-0.2, 0) is 16.6 Å². The minimum Gasteiger partial charge on any atom is -0.267 e. The molecule has 4 aromatic rings. The van der Waals surface area contributed by atoms with Crippen LogP contribution < -0.4 is 9.73 Å². The molecule has 0 saturated heterocycles. The summed E-state index contributed by atoms with van der Waals surface area (Å²) in [7, 11) is -3.97. The Hall–Kier alpha value is -3.75. The first kappa shape index (κ1) is 24.4. The predicted octanol–water partition coefficient (Wildman–Crippen LogP) is 5.61. The number of hydrogen-bond acceptors (Lipinski definition) is 5. The van der Waals surface area contributed by atoms with E-state index in [1.54, 1.807) is 48.5 Å². The van der Waals surface area contributed by atoms with Crippen molar-refractivity contribution in [2.45, 2.75) is 25.3 Å². The molecular formula is C27H25N3O3S2. The average Bonchev–Trinajstić information content (AvgIpc) is 3.42. The van der Waals surface area contributed by atoms with E-state index in [4.69, 9.17) is 0 Å². The van der Waals surface area contributed by atoms with Crippen molar-refractivity contribution in [2.24, 2.45) is 5.10 Å². The third-order valence-electron chi connectivity index (χ3n) is 5.40. The van der Waals surface area contributed by atoms with E-state index in [2.05, 4.69) is 10.5 Å². The fourth-order valence-corrected chi connectivity index (χ4v) is 5.65. The number of hydrazone groups is 1. The minimum atomic E-state index is -3.97. The number of hydrogen-bond donors (Lipinski definition) is 1. The fraction of sp³-hybridized carbons (Fsp3) is 0.111. The third-order valence-corrected chi connectivity index (χ3v) is 8.15. The third kappa shape index (κ3) is 5.67. The van der Waals surface area contributed by atoms with Gasteiger partial charge in [0.15, 0.2) is 0 Å². The van der Waals surface area contributed by atoms with Crippen molar-refractivity contribution < 1.29 is 13.2 Å². The van der Waals surface area contributed by atoms with Crippen LogP contribution in [0.2, 0.25) is 0 Å². The summed E-state index contributed by atoms with van der Waals surface area (Å²) in [6.45, 7) is 3.77. The van der Waals surface area contributed by atoms with Gasteiger partial charge in [0.1, 0.15) is 0 Å². The first-order valence-electron chi connectivity index (χ1n) is 11.0. The van der Waals surface area contributed by atoms with Crippen molar-refractivity contribution in [1.29, 1.82) is 0 Å². The average molecular weight is 504 g/mol. The normalized spacial score (nSPS) is 11.8. The number of aryl methyl sites for hydroxylation is 1. The van der Waals surface area contributed by atoms with Crippen LogP contribution in [0.25, 0.3) is 0 Å². The lowest BCUT2D eigenvalue weighted by Crippen LogP contribution is -2.33. The van der Waals surface area contributed by atoms with Crippen LogP contribution in [0.15, 0.2) is 106 Å². The van der Waals surface area contributed by atoms with E-state index in [1.165, 1.54) is 15.6 Å². The molecule has 8 heteroatoms. The van der Waals surface area contributed by atoms with Gasteiger partial charge in [0.2, 0.25) is 0 Å². The van der Waals surface area contributed by atoms with Gasteiger partial charge in [0.05, 0.1) is 28.4 Å². The van der Waals surface area contributed by atoms with E-state index in [0.29, 0.717) is 5.71 Å². The summed E-state index contributed by atoms with van der Waals surface area (Å²) in [6, 6.07) is 26.5. The van der Waals surface area contributed by atoms with Gasteiger partial charge in [0.25, 0.3) is 15.9 Å². The Balaban J connectivity index is 1.74. The van der Waals surface area contributed by atoms with Gasteiger partial charge >= 0.3 is 0 Å². The maximum Gasteiger partial charge on any atom is 0.273 e. The van der Waals surface area contributed by atoms with E-state index in [9.17, 15) is 13.2 Å². The lowest BCUT2D eigenvalue weighted by atomic mass is 10.1. The smallest absolute Gasteiger partial charge is 0.267 e. The van der Waals surface area contributed by atoms with Crippen molar-refractivity contribution >= 4 is 38.7 Å². The number of anilines is 1. The molecule has 1 aromatic heterocycles. The number of para-hydroxylation sites is 1. The second-order valence-corrected chi connectivity index (χ2v) is 10.8. The standard InChI is InChI=1S/C27H25N3O3S2/c1-20-14-16-23(17-15-20)35(32,33)30(19-22-9-4-3-5-10-22)25-12-7-6-11-24(25)27(31)29-28-21(2)26-13-8-18-34-26/h3-18H,19H2,1-2H3,(H,29,31)/b28-21+. The Morgan fingerprint density at radius 1 is 0.914 bits per heavy atom. The highest BCUT2D eigenvalue weighted by atomic mass is 32.2. The molecule has 3 aromatic carbocycles. The Morgan fingerprint density at radius 3 is 2.29 bits per heavy atom. The molecule has 0 aliphatic rings. The number of rotatable bonds is 8. The highest BCUT2D eigenvalue weighted by Gasteiger charge is 2.28. The summed E-state index contributed by atoms with van der Waals surface area (Å²) >= 11 is 1.52. The number of carbonyl (C=O) groups is 1. The number of sulfonamides is 1. The van der Waals surface area contributed by atoms with Gasteiger partial charge in [-0.1, -0.05) is 66.2 Å². The number of amides is 1. The van der Waals surface area contributed by atoms with E-state index in [1.807, 2.05) is 61.7 Å². The molecule has 4 rings (SSSR count). The molecule has 0 unspecified atom stereocenters. The second kappa shape index (κ2) is 10.7. The van der Waals surface area contributed by atoms with Crippen molar-refractivity contribution in [3.8, 4) is 0 Å². The topological polar surface area (TPSA) is 78.8 Å². The Bertz CT molecular complexity index is 1430. The minimum absolute atomic E-state index is 0.0683. The van der Waals surface area contributed by atoms with E-state index in [-0.39, 0.29) is 22.7 Å². The van der Waals surface area contributed by atoms with Crippen LogP contribution in [0.4, 0.5) is 5.69 Å². The van der Waals surface area contributed by atoms with Crippen molar-refractivity contribution in [1.82, 2.24) is 5.43 Å². The molecular weight excluding hydrogens is 478 g/mol. The van der Waals surface area contributed by atoms with Gasteiger partial charge < -0.3 is 0 Å². The number of thiophene rings is 1. The van der Waals surface area contributed by atoms with Crippen LogP contribution in [-0.4, -0.2) is 20.0 Å². The predicted molar refractivity (Wildman–Crippen MR) is 141 cm³/mol. The zero-order valence-corrected chi connectivity index (χ0v) is 21.0. The van der Waals surface area contributed by atoms with Crippen molar-refractivity contribution in [2.75, 3.05) is 4.31 Å². The van der Waals surface area contributed by atoms with Crippen LogP contribution >= 0.6 is 11.3 Å². The quantitative estimate of drug-likeness (QED) is 0.251. The van der Waals surface area contributed by atoms with Crippen LogP contribution in [0, 0.1) is 6.92 Å². The molecule has 1 N–H and O–H groups in total. The van der Waals surface area contributed by atoms with Gasteiger partial charge in [-0.15, -0.1) is 11.3 Å². The highest BCUT2D eigenvalue weighted by molar-refractivity contribution is 7.92. The number of carbonyl (C=O) groups excluding carboxylic acids is 1. The van der Waals surface area contributed by atoms with Crippen LogP contribution in [0.5, 0.6) is 0 Å². The van der Waals surface area contributed by atoms with E-state index < -0.39 is 15.9 Å². The number of benzene rings is 3. The number of nitrogens with one attached hydrogen (secondary N) is 1. The summed E-state index contributed by atoms with van der Waals surface area (Å²) in [5.41, 5.74) is 5.48. The van der Waals surface area contributed by atoms with Crippen molar-refractivity contribution in [3.05, 3.63) is 118 Å². The highest BCUT2D eigenvalue weighted by Crippen LogP contribution is 2.29. The molecule has 0 bridgehead atoms. The molecule has 0 atom stereocenters. The molecule has 35 heavy (non-hydrogen) atoms. The summed E-state index contributed by atoms with van der Waals surface area (Å²) in [5, 5.41) is 6.15. The first-order chi connectivity index (χ1) is 16.9. The number of nitrogens with zero attached hydrogens (tertiary/aromatic N) is 2. The SMILES string of the molecule is C/C(=N\NC(=O)c1ccccc1N(Cc1ccccc1)S(=O)(=O)c1ccc(C)cc1)c1cccs1. The summed E-state index contributed by atoms with van der Waals surface area (Å²) in [6.07, 6.45) is 0. The summed E-state index contributed by atoms with van der Waals surface area (Å²) in [4.78, 5) is 14.3. The molecule has 0 radical (unpaired) electrons. The zero-order valence-electron chi connectivity index (χ0n) is 19.4. The molecule has 0 aliphatic carbocycles. The maximum atomic E-state index is 13.8. The van der Waals surface area contributed by atoms with E-state index >= 15 is 0 Å². The first-order valence-corrected chi connectivity index (χ1v) is 13.3. The van der Waals surface area contributed by atoms with Gasteiger partial charge in [-0.25, -0.2) is 13.8 Å². The van der Waals surface area contributed by atoms with E-state index in [0.717, 1.165) is 16.0 Å². The molecule has 0 fully saturated rings. The maximum absolute atomic E-state index is 13.8. The molecule has 6 nitrogen and oxygen atoms in total. The van der Waals surface area contributed by atoms with Gasteiger partial charge in [0, 0.05) is 4.88 Å². The Labute approximate surface area is 209 Å². The lowest BCUT2D eigenvalue weighted by molar-refractivity contribution is 0.0955. The summed E-state index contributed by atoms with van der Waals surface area (Å²) in [5.74, 6) is -0.492. The molecule has 0 spiro atoms. The zero-order chi connectivity index (χ0) is 24.8. The Morgan fingerprint density at radius 2 is 1.60 bits per heavy atom. The largest absolute Gasteiger partial charge is 0.273 e. The molecule has 0 aliphatic heterocycles. The second-order valence-electron chi connectivity index (χ2n) is 7.94. The molecule has 178 valence electrons. The molecule has 1 amide bonds. The molecule has 0 saturated carbocycles. The van der Waals surface area contributed by atoms with Crippen molar-refractivity contribution in [3.63, 3.8) is 0 Å². The van der Waals surface area contributed by atoms with Gasteiger partial charge in [-0.2, -0.15) is 5.10 Å². The monoisotopic (exact) mass is 503 g/mol. The van der Waals surface area contributed by atoms with Crippen LogP contribution in [0.1, 0.15) is 33.3 Å².